The smallest absolute Gasteiger partial charge is 0.264 e. The van der Waals surface area contributed by atoms with Gasteiger partial charge in [-0.15, -0.1) is 10.2 Å². The quantitative estimate of drug-likeness (QED) is 0.404. The monoisotopic (exact) mass is 477 g/mol. The molecule has 0 saturated carbocycles. The zero-order chi connectivity index (χ0) is 23.9. The van der Waals surface area contributed by atoms with Gasteiger partial charge in [-0.1, -0.05) is 24.3 Å². The summed E-state index contributed by atoms with van der Waals surface area (Å²) in [6.45, 7) is 2.19. The largest absolute Gasteiger partial charge is 0.493 e. The summed E-state index contributed by atoms with van der Waals surface area (Å²) in [5.41, 5.74) is 3.57. The van der Waals surface area contributed by atoms with Gasteiger partial charge >= 0.3 is 0 Å². The zero-order valence-electron chi connectivity index (χ0n) is 19.0. The number of fused-ring (bicyclic) bond motifs is 1. The van der Waals surface area contributed by atoms with E-state index in [0.29, 0.717) is 41.2 Å². The van der Waals surface area contributed by atoms with Gasteiger partial charge in [0.05, 0.1) is 24.8 Å². The van der Waals surface area contributed by atoms with Gasteiger partial charge in [0.1, 0.15) is 0 Å². The lowest BCUT2D eigenvalue weighted by Gasteiger charge is -2.21. The third kappa shape index (κ3) is 3.67. The zero-order valence-corrected chi connectivity index (χ0v) is 19.8. The van der Waals surface area contributed by atoms with E-state index < -0.39 is 10.0 Å². The highest BCUT2D eigenvalue weighted by molar-refractivity contribution is 7.93. The van der Waals surface area contributed by atoms with E-state index in [2.05, 4.69) is 10.2 Å². The van der Waals surface area contributed by atoms with Gasteiger partial charge in [-0.3, -0.25) is 4.31 Å². The van der Waals surface area contributed by atoms with Crippen molar-refractivity contribution in [2.24, 2.45) is 0 Å². The summed E-state index contributed by atoms with van der Waals surface area (Å²) in [4.78, 5) is 0.215. The van der Waals surface area contributed by atoms with E-state index in [4.69, 9.17) is 13.9 Å². The molecule has 0 aliphatic carbocycles. The number of rotatable bonds is 6. The van der Waals surface area contributed by atoms with Gasteiger partial charge in [-0.25, -0.2) is 8.42 Å². The number of para-hydroxylation sites is 1. The number of hydrogen-bond donors (Lipinski definition) is 0. The van der Waals surface area contributed by atoms with Crippen LogP contribution < -0.4 is 13.8 Å². The Morgan fingerprint density at radius 1 is 0.882 bits per heavy atom. The first-order valence-corrected chi connectivity index (χ1v) is 12.1. The van der Waals surface area contributed by atoms with Crippen molar-refractivity contribution in [2.45, 2.75) is 18.2 Å². The minimum absolute atomic E-state index is 0.215. The van der Waals surface area contributed by atoms with Crippen LogP contribution in [0.2, 0.25) is 0 Å². The minimum atomic E-state index is -3.76. The summed E-state index contributed by atoms with van der Waals surface area (Å²) < 4.78 is 45.2. The molecule has 0 spiro atoms. The summed E-state index contributed by atoms with van der Waals surface area (Å²) in [6, 6.07) is 18.0. The van der Waals surface area contributed by atoms with Crippen molar-refractivity contribution in [2.75, 3.05) is 25.1 Å². The number of sulfonamides is 1. The average molecular weight is 478 g/mol. The Bertz CT molecular complexity index is 1480. The summed E-state index contributed by atoms with van der Waals surface area (Å²) in [5.74, 6) is 1.63. The van der Waals surface area contributed by atoms with E-state index in [-0.39, 0.29) is 16.7 Å². The number of benzene rings is 3. The summed E-state index contributed by atoms with van der Waals surface area (Å²) >= 11 is 0. The lowest BCUT2D eigenvalue weighted by Crippen LogP contribution is -2.29. The molecule has 0 saturated heterocycles. The Morgan fingerprint density at radius 3 is 2.29 bits per heavy atom. The fourth-order valence-corrected chi connectivity index (χ4v) is 5.87. The molecular formula is C25H23N3O5S. The maximum absolute atomic E-state index is 13.6. The second kappa shape index (κ2) is 8.49. The molecule has 0 unspecified atom stereocenters. The molecule has 0 N–H and O–H groups in total. The van der Waals surface area contributed by atoms with Gasteiger partial charge in [0.25, 0.3) is 10.0 Å². The van der Waals surface area contributed by atoms with Crippen molar-refractivity contribution in [3.63, 3.8) is 0 Å². The van der Waals surface area contributed by atoms with Crippen molar-refractivity contribution in [1.82, 2.24) is 10.2 Å². The Hall–Kier alpha value is -3.85. The van der Waals surface area contributed by atoms with Crippen LogP contribution in [0.25, 0.3) is 22.9 Å². The standard InChI is InChI=1S/C25H23N3O5S/c1-16-8-9-19(15-23(16)34(29,30)28-13-12-17-6-4-5-7-20(17)28)25-27-26-24(33-25)18-10-11-21(31-2)22(14-18)32-3/h4-11,14-15H,12-13H2,1-3H3. The van der Waals surface area contributed by atoms with Gasteiger partial charge in [0, 0.05) is 17.7 Å². The minimum Gasteiger partial charge on any atom is -0.493 e. The van der Waals surface area contributed by atoms with Gasteiger partial charge in [0.2, 0.25) is 11.8 Å². The highest BCUT2D eigenvalue weighted by Gasteiger charge is 2.32. The molecule has 9 heteroatoms. The first-order valence-electron chi connectivity index (χ1n) is 10.7. The fraction of sp³-hybridized carbons (Fsp3) is 0.200. The fourth-order valence-electron chi connectivity index (χ4n) is 4.11. The van der Waals surface area contributed by atoms with E-state index in [1.165, 1.54) is 4.31 Å². The number of ether oxygens (including phenoxy) is 2. The molecule has 0 fully saturated rings. The molecule has 0 atom stereocenters. The molecule has 0 radical (unpaired) electrons. The van der Waals surface area contributed by atoms with Crippen LogP contribution in [-0.2, 0) is 16.4 Å². The van der Waals surface area contributed by atoms with Crippen LogP contribution >= 0.6 is 0 Å². The number of nitrogens with zero attached hydrogens (tertiary/aromatic N) is 3. The van der Waals surface area contributed by atoms with Crippen molar-refractivity contribution < 1.29 is 22.3 Å². The maximum atomic E-state index is 13.6. The van der Waals surface area contributed by atoms with Crippen molar-refractivity contribution in [3.05, 3.63) is 71.8 Å². The van der Waals surface area contributed by atoms with Crippen LogP contribution in [0.3, 0.4) is 0 Å². The number of hydrogen-bond acceptors (Lipinski definition) is 7. The van der Waals surface area contributed by atoms with E-state index in [1.54, 1.807) is 57.5 Å². The maximum Gasteiger partial charge on any atom is 0.264 e. The summed E-state index contributed by atoms with van der Waals surface area (Å²) in [7, 11) is -0.651. The molecule has 8 nitrogen and oxygen atoms in total. The SMILES string of the molecule is COc1ccc(-c2nnc(-c3ccc(C)c(S(=O)(=O)N4CCc5ccccc54)c3)o2)cc1OC. The molecule has 34 heavy (non-hydrogen) atoms. The molecule has 3 aromatic carbocycles. The Balaban J connectivity index is 1.51. The average Bonchev–Trinajstić information content (AvgIpc) is 3.52. The van der Waals surface area contributed by atoms with Gasteiger partial charge in [-0.2, -0.15) is 0 Å². The topological polar surface area (TPSA) is 94.8 Å². The summed E-state index contributed by atoms with van der Waals surface area (Å²) in [5, 5.41) is 8.29. The highest BCUT2D eigenvalue weighted by Crippen LogP contribution is 2.36. The van der Waals surface area contributed by atoms with E-state index in [0.717, 1.165) is 11.3 Å². The van der Waals surface area contributed by atoms with Crippen molar-refractivity contribution >= 4 is 15.7 Å². The van der Waals surface area contributed by atoms with Gasteiger partial charge < -0.3 is 13.9 Å². The lowest BCUT2D eigenvalue weighted by molar-refractivity contribution is 0.355. The van der Waals surface area contributed by atoms with E-state index in [9.17, 15) is 8.42 Å². The third-order valence-electron chi connectivity index (χ3n) is 5.90. The summed E-state index contributed by atoms with van der Waals surface area (Å²) in [6.07, 6.45) is 0.687. The number of anilines is 1. The lowest BCUT2D eigenvalue weighted by atomic mass is 10.1. The van der Waals surface area contributed by atoms with Crippen LogP contribution in [0.1, 0.15) is 11.1 Å². The van der Waals surface area contributed by atoms with Crippen LogP contribution in [-0.4, -0.2) is 39.4 Å². The Labute approximate surface area is 197 Å². The predicted octanol–water partition coefficient (Wildman–Crippen LogP) is 4.48. The van der Waals surface area contributed by atoms with Gasteiger partial charge in [-0.05, 0) is 60.9 Å². The third-order valence-corrected chi connectivity index (χ3v) is 7.86. The molecule has 0 amide bonds. The Morgan fingerprint density at radius 2 is 1.56 bits per heavy atom. The number of methoxy groups -OCH3 is 2. The molecule has 1 aromatic heterocycles. The normalized spacial score (nSPS) is 13.1. The number of aromatic nitrogens is 2. The molecular weight excluding hydrogens is 454 g/mol. The van der Waals surface area contributed by atoms with Crippen LogP contribution in [0.5, 0.6) is 11.5 Å². The van der Waals surface area contributed by atoms with Crippen molar-refractivity contribution in [3.8, 4) is 34.4 Å². The number of aryl methyl sites for hydroxylation is 1. The molecule has 4 aromatic rings. The molecule has 2 heterocycles. The molecule has 1 aliphatic heterocycles. The van der Waals surface area contributed by atoms with Crippen LogP contribution in [0.15, 0.2) is 70.0 Å². The molecule has 0 bridgehead atoms. The first kappa shape index (κ1) is 22.0. The van der Waals surface area contributed by atoms with Crippen LogP contribution in [0, 0.1) is 6.92 Å². The molecule has 174 valence electrons. The van der Waals surface area contributed by atoms with Crippen molar-refractivity contribution in [1.29, 1.82) is 0 Å². The van der Waals surface area contributed by atoms with E-state index in [1.807, 2.05) is 24.3 Å². The molecule has 5 rings (SSSR count). The Kier molecular flexibility index (Phi) is 5.49. The first-order chi connectivity index (χ1) is 16.4. The van der Waals surface area contributed by atoms with Gasteiger partial charge in [0.15, 0.2) is 11.5 Å². The highest BCUT2D eigenvalue weighted by atomic mass is 32.2. The predicted molar refractivity (Wildman–Crippen MR) is 128 cm³/mol. The van der Waals surface area contributed by atoms with Crippen LogP contribution in [0.4, 0.5) is 5.69 Å². The second-order valence-electron chi connectivity index (χ2n) is 7.92. The van der Waals surface area contributed by atoms with E-state index >= 15 is 0 Å². The molecule has 1 aliphatic rings. The second-order valence-corrected chi connectivity index (χ2v) is 9.75.